The molecule has 1 N–H and O–H groups in total. The highest BCUT2D eigenvalue weighted by Crippen LogP contribution is 2.43. The molecule has 0 saturated heterocycles. The summed E-state index contributed by atoms with van der Waals surface area (Å²) in [6.07, 6.45) is -0.358. The highest BCUT2D eigenvalue weighted by atomic mass is 35.5. The van der Waals surface area contributed by atoms with Crippen LogP contribution in [-0.4, -0.2) is 16.8 Å². The zero-order valence-corrected chi connectivity index (χ0v) is 16.8. The fourth-order valence-electron chi connectivity index (χ4n) is 3.60. The topological polar surface area (TPSA) is 57.6 Å². The average molecular weight is 426 g/mol. The third-order valence-electron chi connectivity index (χ3n) is 5.11. The summed E-state index contributed by atoms with van der Waals surface area (Å²) in [6.45, 7) is 0.201. The van der Waals surface area contributed by atoms with Gasteiger partial charge in [-0.1, -0.05) is 59.6 Å². The molecule has 4 nitrogen and oxygen atoms in total. The monoisotopic (exact) mass is 425 g/mol. The predicted molar refractivity (Wildman–Crippen MR) is 113 cm³/mol. The van der Waals surface area contributed by atoms with Crippen LogP contribution in [0.15, 0.2) is 72.8 Å². The van der Waals surface area contributed by atoms with E-state index in [-0.39, 0.29) is 18.7 Å². The molecule has 0 spiro atoms. The van der Waals surface area contributed by atoms with Crippen LogP contribution in [0.4, 0.5) is 5.69 Å². The van der Waals surface area contributed by atoms with Crippen LogP contribution in [0.5, 0.6) is 0 Å². The molecule has 1 amide bonds. The smallest absolute Gasteiger partial charge is 0.264 e. The molecule has 29 heavy (non-hydrogen) atoms. The molecule has 1 atom stereocenters. The molecule has 0 bridgehead atoms. The van der Waals surface area contributed by atoms with Gasteiger partial charge in [-0.25, -0.2) is 0 Å². The minimum atomic E-state index is -1.94. The van der Waals surface area contributed by atoms with E-state index < -0.39 is 11.5 Å². The van der Waals surface area contributed by atoms with Crippen molar-refractivity contribution in [1.29, 1.82) is 0 Å². The number of carbonyl (C=O) groups is 2. The van der Waals surface area contributed by atoms with Crippen LogP contribution in [0.2, 0.25) is 10.0 Å². The first-order valence-electron chi connectivity index (χ1n) is 9.06. The summed E-state index contributed by atoms with van der Waals surface area (Å²) in [5.74, 6) is -0.882. The Labute approximate surface area is 178 Å². The van der Waals surface area contributed by atoms with Gasteiger partial charge in [0.1, 0.15) is 0 Å². The number of para-hydroxylation sites is 1. The van der Waals surface area contributed by atoms with Gasteiger partial charge in [0, 0.05) is 21.2 Å². The van der Waals surface area contributed by atoms with Crippen molar-refractivity contribution in [1.82, 2.24) is 0 Å². The van der Waals surface area contributed by atoms with E-state index in [1.165, 1.54) is 4.90 Å². The summed E-state index contributed by atoms with van der Waals surface area (Å²) in [4.78, 5) is 27.6. The van der Waals surface area contributed by atoms with Gasteiger partial charge < -0.3 is 10.0 Å². The molecular weight excluding hydrogens is 409 g/mol. The lowest BCUT2D eigenvalue weighted by Gasteiger charge is -2.23. The van der Waals surface area contributed by atoms with E-state index in [4.69, 9.17) is 23.2 Å². The summed E-state index contributed by atoms with van der Waals surface area (Å²) < 4.78 is 0. The van der Waals surface area contributed by atoms with Crippen molar-refractivity contribution in [3.63, 3.8) is 0 Å². The van der Waals surface area contributed by atoms with Crippen LogP contribution < -0.4 is 4.90 Å². The van der Waals surface area contributed by atoms with E-state index in [1.807, 2.05) is 18.2 Å². The highest BCUT2D eigenvalue weighted by molar-refractivity contribution is 6.31. The maximum Gasteiger partial charge on any atom is 0.264 e. The number of fused-ring (bicyclic) bond motifs is 1. The molecule has 0 unspecified atom stereocenters. The molecule has 4 rings (SSSR count). The number of Topliss-reactive ketones (excluding diaryl/α,β-unsaturated/α-hetero) is 1. The lowest BCUT2D eigenvalue weighted by Crippen LogP contribution is -2.41. The fraction of sp³-hybridized carbons (Fsp3) is 0.130. The number of hydrogen-bond donors (Lipinski definition) is 1. The van der Waals surface area contributed by atoms with Crippen molar-refractivity contribution in [2.45, 2.75) is 18.6 Å². The first-order valence-corrected chi connectivity index (χ1v) is 9.82. The second-order valence-corrected chi connectivity index (χ2v) is 7.81. The lowest BCUT2D eigenvalue weighted by atomic mass is 9.88. The first-order chi connectivity index (χ1) is 13.9. The average Bonchev–Trinajstić information content (AvgIpc) is 2.92. The number of carbonyl (C=O) groups excluding carboxylic acids is 2. The van der Waals surface area contributed by atoms with E-state index in [9.17, 15) is 14.7 Å². The molecule has 3 aromatic carbocycles. The Morgan fingerprint density at radius 1 is 0.931 bits per heavy atom. The van der Waals surface area contributed by atoms with Gasteiger partial charge in [0.15, 0.2) is 11.4 Å². The number of anilines is 1. The van der Waals surface area contributed by atoms with Crippen LogP contribution in [0, 0.1) is 0 Å². The van der Waals surface area contributed by atoms with Gasteiger partial charge in [0.25, 0.3) is 5.91 Å². The predicted octanol–water partition coefficient (Wildman–Crippen LogP) is 5.00. The lowest BCUT2D eigenvalue weighted by molar-refractivity contribution is -0.136. The molecule has 0 saturated carbocycles. The quantitative estimate of drug-likeness (QED) is 0.585. The van der Waals surface area contributed by atoms with Crippen molar-refractivity contribution >= 4 is 40.6 Å². The Morgan fingerprint density at radius 2 is 1.59 bits per heavy atom. The van der Waals surface area contributed by atoms with Crippen LogP contribution in [0.25, 0.3) is 0 Å². The van der Waals surface area contributed by atoms with E-state index in [0.717, 1.165) is 5.56 Å². The Kier molecular flexibility index (Phi) is 5.17. The van der Waals surface area contributed by atoms with Gasteiger partial charge in [-0.15, -0.1) is 0 Å². The number of benzene rings is 3. The van der Waals surface area contributed by atoms with Crippen molar-refractivity contribution in [2.24, 2.45) is 0 Å². The number of aliphatic hydroxyl groups is 1. The van der Waals surface area contributed by atoms with E-state index in [1.54, 1.807) is 54.6 Å². The number of ketones is 1. The van der Waals surface area contributed by atoms with Crippen molar-refractivity contribution in [3.05, 3.63) is 99.5 Å². The fourth-order valence-corrected chi connectivity index (χ4v) is 3.92. The number of halogens is 2. The van der Waals surface area contributed by atoms with Gasteiger partial charge in [-0.3, -0.25) is 9.59 Å². The Balaban J connectivity index is 1.69. The second-order valence-electron chi connectivity index (χ2n) is 6.97. The molecule has 6 heteroatoms. The molecule has 1 aliphatic heterocycles. The van der Waals surface area contributed by atoms with Crippen molar-refractivity contribution in [3.8, 4) is 0 Å². The van der Waals surface area contributed by atoms with Crippen LogP contribution >= 0.6 is 23.2 Å². The Hall–Kier alpha value is -2.66. The SMILES string of the molecule is O=C(C[C@]1(O)C(=O)N(Cc2ccccc2Cl)c2ccccc21)c1ccc(Cl)cc1. The largest absolute Gasteiger partial charge is 0.375 e. The minimum Gasteiger partial charge on any atom is -0.375 e. The van der Waals surface area contributed by atoms with Gasteiger partial charge in [0.05, 0.1) is 18.7 Å². The summed E-state index contributed by atoms with van der Waals surface area (Å²) >= 11 is 12.1. The maximum absolute atomic E-state index is 13.3. The third kappa shape index (κ3) is 3.55. The molecule has 146 valence electrons. The molecule has 0 aliphatic carbocycles. The first kappa shape index (κ1) is 19.6. The Bertz CT molecular complexity index is 1100. The Morgan fingerprint density at radius 3 is 2.31 bits per heavy atom. The molecular formula is C23H17Cl2NO3. The van der Waals surface area contributed by atoms with Crippen LogP contribution in [-0.2, 0) is 16.9 Å². The summed E-state index contributed by atoms with van der Waals surface area (Å²) in [7, 11) is 0. The van der Waals surface area contributed by atoms with Gasteiger partial charge in [-0.05, 0) is 42.0 Å². The third-order valence-corrected chi connectivity index (χ3v) is 5.73. The van der Waals surface area contributed by atoms with Crippen molar-refractivity contribution in [2.75, 3.05) is 4.90 Å². The van der Waals surface area contributed by atoms with E-state index in [0.29, 0.717) is 26.9 Å². The molecule has 0 fully saturated rings. The normalized spacial score (nSPS) is 18.0. The minimum absolute atomic E-state index is 0.201. The summed E-state index contributed by atoms with van der Waals surface area (Å²) in [6, 6.07) is 20.6. The van der Waals surface area contributed by atoms with Crippen molar-refractivity contribution < 1.29 is 14.7 Å². The standard InChI is InChI=1S/C23H17Cl2NO3/c24-17-11-9-15(10-12-17)21(27)13-23(29)18-6-2-4-8-20(18)26(22(23)28)14-16-5-1-3-7-19(16)25/h1-12,29H,13-14H2/t23-/m1/s1. The second kappa shape index (κ2) is 7.64. The zero-order chi connectivity index (χ0) is 20.6. The van der Waals surface area contributed by atoms with Crippen LogP contribution in [0.1, 0.15) is 27.9 Å². The van der Waals surface area contributed by atoms with Gasteiger partial charge in [-0.2, -0.15) is 0 Å². The number of nitrogens with zero attached hydrogens (tertiary/aromatic N) is 1. The highest BCUT2D eigenvalue weighted by Gasteiger charge is 2.50. The van der Waals surface area contributed by atoms with Gasteiger partial charge in [0.2, 0.25) is 0 Å². The number of amides is 1. The summed E-state index contributed by atoms with van der Waals surface area (Å²) in [5.41, 5.74) is 0.195. The van der Waals surface area contributed by atoms with Gasteiger partial charge >= 0.3 is 0 Å². The van der Waals surface area contributed by atoms with Crippen LogP contribution in [0.3, 0.4) is 0 Å². The molecule has 1 heterocycles. The van der Waals surface area contributed by atoms with E-state index in [2.05, 4.69) is 0 Å². The molecule has 0 radical (unpaired) electrons. The van der Waals surface area contributed by atoms with E-state index >= 15 is 0 Å². The molecule has 0 aromatic heterocycles. The molecule has 3 aromatic rings. The molecule has 1 aliphatic rings. The summed E-state index contributed by atoms with van der Waals surface area (Å²) in [5, 5.41) is 12.4. The maximum atomic E-state index is 13.3. The zero-order valence-electron chi connectivity index (χ0n) is 15.3. The number of hydrogen-bond acceptors (Lipinski definition) is 3. The number of rotatable bonds is 5.